The third-order valence-electron chi connectivity index (χ3n) is 6.75. The maximum Gasteiger partial charge on any atom is 0.255 e. The standard InChI is InChI=1S/C22H34N4O2/c1-22(2)7-11-25(12-8-22)20-4-3-18(17-23-20)21(27)26-9-5-19(6-10-26)24-13-15-28-16-14-24/h3-4,17,19H,5-16H2,1-2H3. The number of carbonyl (C=O) groups is 1. The van der Waals surface area contributed by atoms with E-state index < -0.39 is 0 Å². The molecule has 3 saturated heterocycles. The summed E-state index contributed by atoms with van der Waals surface area (Å²) in [7, 11) is 0. The molecule has 0 aromatic carbocycles. The molecular formula is C22H34N4O2. The lowest BCUT2D eigenvalue weighted by atomic mass is 9.83. The Kier molecular flexibility index (Phi) is 5.88. The number of hydrogen-bond acceptors (Lipinski definition) is 5. The molecule has 0 atom stereocenters. The molecule has 3 aliphatic heterocycles. The zero-order valence-corrected chi connectivity index (χ0v) is 17.4. The number of piperidine rings is 2. The van der Waals surface area contributed by atoms with Gasteiger partial charge in [-0.2, -0.15) is 0 Å². The molecule has 4 rings (SSSR count). The maximum atomic E-state index is 12.9. The quantitative estimate of drug-likeness (QED) is 0.799. The summed E-state index contributed by atoms with van der Waals surface area (Å²) < 4.78 is 5.45. The Morgan fingerprint density at radius 2 is 1.71 bits per heavy atom. The van der Waals surface area contributed by atoms with Crippen LogP contribution in [0.2, 0.25) is 0 Å². The van der Waals surface area contributed by atoms with Crippen LogP contribution in [0.25, 0.3) is 0 Å². The molecule has 4 heterocycles. The second-order valence-electron chi connectivity index (χ2n) is 9.23. The van der Waals surface area contributed by atoms with Crippen LogP contribution in [0, 0.1) is 5.41 Å². The van der Waals surface area contributed by atoms with Gasteiger partial charge in [-0.25, -0.2) is 4.98 Å². The molecule has 3 fully saturated rings. The normalized spacial score (nSPS) is 24.4. The number of morpholine rings is 1. The molecule has 3 aliphatic rings. The molecule has 0 spiro atoms. The third kappa shape index (κ3) is 4.49. The Labute approximate surface area is 168 Å². The van der Waals surface area contributed by atoms with Crippen molar-refractivity contribution in [3.8, 4) is 0 Å². The van der Waals surface area contributed by atoms with E-state index in [-0.39, 0.29) is 5.91 Å². The highest BCUT2D eigenvalue weighted by Crippen LogP contribution is 2.31. The number of nitrogens with zero attached hydrogens (tertiary/aromatic N) is 4. The number of rotatable bonds is 3. The van der Waals surface area contributed by atoms with E-state index >= 15 is 0 Å². The predicted molar refractivity (Wildman–Crippen MR) is 111 cm³/mol. The van der Waals surface area contributed by atoms with Crippen LogP contribution < -0.4 is 4.90 Å². The number of likely N-dealkylation sites (tertiary alicyclic amines) is 1. The van der Waals surface area contributed by atoms with Gasteiger partial charge < -0.3 is 14.5 Å². The van der Waals surface area contributed by atoms with E-state index in [9.17, 15) is 4.79 Å². The summed E-state index contributed by atoms with van der Waals surface area (Å²) in [5.41, 5.74) is 1.14. The maximum absolute atomic E-state index is 12.9. The second-order valence-corrected chi connectivity index (χ2v) is 9.23. The molecule has 0 radical (unpaired) electrons. The third-order valence-corrected chi connectivity index (χ3v) is 6.75. The summed E-state index contributed by atoms with van der Waals surface area (Å²) in [6, 6.07) is 4.57. The Morgan fingerprint density at radius 1 is 1.04 bits per heavy atom. The Balaban J connectivity index is 1.30. The molecule has 0 bridgehead atoms. The summed E-state index contributed by atoms with van der Waals surface area (Å²) in [5, 5.41) is 0. The molecule has 0 N–H and O–H groups in total. The molecule has 6 heteroatoms. The Morgan fingerprint density at radius 3 is 2.32 bits per heavy atom. The zero-order valence-electron chi connectivity index (χ0n) is 17.4. The molecule has 1 aromatic heterocycles. The average molecular weight is 387 g/mol. The van der Waals surface area contributed by atoms with Gasteiger partial charge in [0.05, 0.1) is 18.8 Å². The second kappa shape index (κ2) is 8.37. The fraction of sp³-hybridized carbons (Fsp3) is 0.727. The summed E-state index contributed by atoms with van der Waals surface area (Å²) in [6.07, 6.45) is 6.26. The van der Waals surface area contributed by atoms with Gasteiger partial charge in [-0.1, -0.05) is 13.8 Å². The van der Waals surface area contributed by atoms with Gasteiger partial charge in [-0.15, -0.1) is 0 Å². The van der Waals surface area contributed by atoms with E-state index in [0.29, 0.717) is 17.0 Å². The largest absolute Gasteiger partial charge is 0.379 e. The van der Waals surface area contributed by atoms with Crippen molar-refractivity contribution in [1.29, 1.82) is 0 Å². The fourth-order valence-corrected chi connectivity index (χ4v) is 4.60. The van der Waals surface area contributed by atoms with E-state index in [1.807, 2.05) is 17.0 Å². The minimum Gasteiger partial charge on any atom is -0.379 e. The van der Waals surface area contributed by atoms with E-state index in [2.05, 4.69) is 28.6 Å². The van der Waals surface area contributed by atoms with Crippen LogP contribution in [0.5, 0.6) is 0 Å². The van der Waals surface area contributed by atoms with Crippen molar-refractivity contribution >= 4 is 11.7 Å². The highest BCUT2D eigenvalue weighted by Gasteiger charge is 2.29. The smallest absolute Gasteiger partial charge is 0.255 e. The molecule has 0 aliphatic carbocycles. The van der Waals surface area contributed by atoms with Gasteiger partial charge in [0, 0.05) is 51.5 Å². The van der Waals surface area contributed by atoms with Crippen molar-refractivity contribution in [2.45, 2.75) is 45.6 Å². The summed E-state index contributed by atoms with van der Waals surface area (Å²) in [4.78, 5) is 24.4. The number of pyridine rings is 1. The monoisotopic (exact) mass is 386 g/mol. The SMILES string of the molecule is CC1(C)CCN(c2ccc(C(=O)N3CCC(N4CCOCC4)CC3)cn2)CC1. The van der Waals surface area contributed by atoms with E-state index in [0.717, 1.165) is 71.1 Å². The molecule has 28 heavy (non-hydrogen) atoms. The van der Waals surface area contributed by atoms with E-state index in [4.69, 9.17) is 4.74 Å². The van der Waals surface area contributed by atoms with Crippen molar-refractivity contribution < 1.29 is 9.53 Å². The Bertz CT molecular complexity index is 652. The molecule has 6 nitrogen and oxygen atoms in total. The van der Waals surface area contributed by atoms with Crippen molar-refractivity contribution in [1.82, 2.24) is 14.8 Å². The number of amides is 1. The van der Waals surface area contributed by atoms with Gasteiger partial charge in [0.1, 0.15) is 5.82 Å². The summed E-state index contributed by atoms with van der Waals surface area (Å²) in [5.74, 6) is 1.12. The van der Waals surface area contributed by atoms with Crippen LogP contribution in [0.1, 0.15) is 49.9 Å². The van der Waals surface area contributed by atoms with Crippen molar-refractivity contribution in [2.24, 2.45) is 5.41 Å². The number of aromatic nitrogens is 1. The summed E-state index contributed by atoms with van der Waals surface area (Å²) in [6.45, 7) is 12.2. The van der Waals surface area contributed by atoms with Crippen LogP contribution in [0.15, 0.2) is 18.3 Å². The fourth-order valence-electron chi connectivity index (χ4n) is 4.60. The van der Waals surface area contributed by atoms with Crippen LogP contribution in [-0.2, 0) is 4.74 Å². The first-order valence-corrected chi connectivity index (χ1v) is 10.8. The molecule has 0 saturated carbocycles. The van der Waals surface area contributed by atoms with Crippen molar-refractivity contribution in [3.05, 3.63) is 23.9 Å². The number of ether oxygens (including phenoxy) is 1. The van der Waals surface area contributed by atoms with Crippen molar-refractivity contribution in [3.63, 3.8) is 0 Å². The molecule has 154 valence electrons. The molecule has 0 unspecified atom stereocenters. The zero-order chi connectivity index (χ0) is 19.6. The predicted octanol–water partition coefficient (Wildman–Crippen LogP) is 2.64. The Hall–Kier alpha value is -1.66. The van der Waals surface area contributed by atoms with Gasteiger partial charge in [0.25, 0.3) is 5.91 Å². The van der Waals surface area contributed by atoms with Crippen LogP contribution in [0.3, 0.4) is 0 Å². The van der Waals surface area contributed by atoms with Gasteiger partial charge in [0.2, 0.25) is 0 Å². The lowest BCUT2D eigenvalue weighted by Gasteiger charge is -2.40. The highest BCUT2D eigenvalue weighted by atomic mass is 16.5. The molecule has 1 amide bonds. The topological polar surface area (TPSA) is 48.9 Å². The minimum atomic E-state index is 0.124. The minimum absolute atomic E-state index is 0.124. The van der Waals surface area contributed by atoms with Gasteiger partial charge in [-0.3, -0.25) is 9.69 Å². The van der Waals surface area contributed by atoms with Gasteiger partial charge in [-0.05, 0) is 43.2 Å². The first-order chi connectivity index (χ1) is 13.5. The highest BCUT2D eigenvalue weighted by molar-refractivity contribution is 5.94. The molecular weight excluding hydrogens is 352 g/mol. The number of anilines is 1. The van der Waals surface area contributed by atoms with Gasteiger partial charge >= 0.3 is 0 Å². The lowest BCUT2D eigenvalue weighted by Crippen LogP contribution is -2.50. The molecule has 1 aromatic rings. The number of carbonyl (C=O) groups excluding carboxylic acids is 1. The first-order valence-electron chi connectivity index (χ1n) is 10.8. The van der Waals surface area contributed by atoms with Crippen LogP contribution >= 0.6 is 0 Å². The lowest BCUT2D eigenvalue weighted by molar-refractivity contribution is 0.00158. The van der Waals surface area contributed by atoms with E-state index in [1.165, 1.54) is 12.8 Å². The van der Waals surface area contributed by atoms with Crippen molar-refractivity contribution in [2.75, 3.05) is 57.4 Å². The van der Waals surface area contributed by atoms with E-state index in [1.54, 1.807) is 6.20 Å². The first kappa shape index (κ1) is 19.6. The van der Waals surface area contributed by atoms with Crippen LogP contribution in [-0.4, -0.2) is 79.2 Å². The number of hydrogen-bond donors (Lipinski definition) is 0. The van der Waals surface area contributed by atoms with Crippen LogP contribution in [0.4, 0.5) is 5.82 Å². The van der Waals surface area contributed by atoms with Gasteiger partial charge in [0.15, 0.2) is 0 Å². The summed E-state index contributed by atoms with van der Waals surface area (Å²) >= 11 is 0. The average Bonchev–Trinajstić information content (AvgIpc) is 2.74.